The van der Waals surface area contributed by atoms with E-state index in [0.29, 0.717) is 5.17 Å². The Hall–Kier alpha value is -0.0100. The minimum absolute atomic E-state index is 0.00729. The van der Waals surface area contributed by atoms with E-state index in [9.17, 15) is 0 Å². The van der Waals surface area contributed by atoms with Crippen LogP contribution in [0.3, 0.4) is 0 Å². The lowest BCUT2D eigenvalue weighted by molar-refractivity contribution is -0.201. The van der Waals surface area contributed by atoms with Gasteiger partial charge in [-0.1, -0.05) is 0 Å². The summed E-state index contributed by atoms with van der Waals surface area (Å²) in [7, 11) is -2.27. The summed E-state index contributed by atoms with van der Waals surface area (Å²) in [6, 6.07) is 0. The fraction of sp³-hybridized carbons (Fsp3) is 1.00. The Labute approximate surface area is 72.1 Å². The topological polar surface area (TPSA) is 164 Å². The standard InChI is InChI=1S/C2H14N8OS/c3-10(4)9(11)2-1-8-12(5,6)7/h3-4,8,11H,1-2,5-7H2/q-2. The summed E-state index contributed by atoms with van der Waals surface area (Å²) in [5.74, 6) is 13.2. The number of rotatable bonds is 5. The summed E-state index contributed by atoms with van der Waals surface area (Å²) in [5.41, 5.74) is 0. The average Bonchev–Trinajstić information content (AvgIpc) is 1.84. The summed E-state index contributed by atoms with van der Waals surface area (Å²) in [6.45, 7) is 0.205. The summed E-state index contributed by atoms with van der Waals surface area (Å²) < 4.78 is 2.53. The monoisotopic (exact) mass is 198 g/mol. The quantitative estimate of drug-likeness (QED) is 0.344. The Morgan fingerprint density at radius 1 is 1.33 bits per heavy atom. The smallest absolute Gasteiger partial charge is 0.0504 e. The summed E-state index contributed by atoms with van der Waals surface area (Å²) in [4.78, 5) is 0. The van der Waals surface area contributed by atoms with Gasteiger partial charge < -0.3 is 22.1 Å². The number of nitrogens with zero attached hydrogens (tertiary/aromatic N) is 2. The molecule has 0 heterocycles. The Morgan fingerprint density at radius 2 is 1.83 bits per heavy atom. The van der Waals surface area contributed by atoms with Gasteiger partial charge in [-0.15, -0.1) is 0 Å². The Morgan fingerprint density at radius 3 is 2.17 bits per heavy atom. The molecule has 0 fully saturated rings. The molecule has 0 spiro atoms. The highest BCUT2D eigenvalue weighted by Gasteiger charge is 2.03. The number of hydroxylamine groups is 1. The van der Waals surface area contributed by atoms with Crippen molar-refractivity contribution in [1.29, 1.82) is 0 Å². The van der Waals surface area contributed by atoms with E-state index in [4.69, 9.17) is 32.3 Å². The van der Waals surface area contributed by atoms with Crippen molar-refractivity contribution in [2.75, 3.05) is 13.1 Å². The van der Waals surface area contributed by atoms with Crippen molar-refractivity contribution in [2.24, 2.45) is 15.4 Å². The molecule has 76 valence electrons. The van der Waals surface area contributed by atoms with Crippen molar-refractivity contribution in [3.63, 3.8) is 0 Å². The maximum Gasteiger partial charge on any atom is 0.0504 e. The van der Waals surface area contributed by atoms with Gasteiger partial charge in [0, 0.05) is 6.54 Å². The zero-order chi connectivity index (χ0) is 9.78. The normalized spacial score (nSPS) is 14.3. The summed E-state index contributed by atoms with van der Waals surface area (Å²) in [5, 5.41) is 24.8. The summed E-state index contributed by atoms with van der Waals surface area (Å²) in [6.07, 6.45) is 0. The van der Waals surface area contributed by atoms with E-state index >= 15 is 0 Å². The third-order valence-electron chi connectivity index (χ3n) is 0.895. The van der Waals surface area contributed by atoms with Gasteiger partial charge in [0.15, 0.2) is 0 Å². The molecule has 0 saturated carbocycles. The van der Waals surface area contributed by atoms with E-state index in [1.54, 1.807) is 0 Å². The third kappa shape index (κ3) is 6.68. The molecule has 0 saturated heterocycles. The fourth-order valence-electron chi connectivity index (χ4n) is 0.422. The molecule has 0 rings (SSSR count). The third-order valence-corrected chi connectivity index (χ3v) is 1.60. The van der Waals surface area contributed by atoms with Gasteiger partial charge in [-0.2, -0.15) is 5.17 Å². The maximum atomic E-state index is 8.75. The van der Waals surface area contributed by atoms with Gasteiger partial charge in [0.25, 0.3) is 0 Å². The summed E-state index contributed by atoms with van der Waals surface area (Å²) >= 11 is 0. The van der Waals surface area contributed by atoms with Crippen LogP contribution in [-0.4, -0.2) is 28.7 Å². The van der Waals surface area contributed by atoms with Crippen molar-refractivity contribution in [2.45, 2.75) is 0 Å². The van der Waals surface area contributed by atoms with Gasteiger partial charge in [-0.25, -0.2) is 4.72 Å². The first-order valence-electron chi connectivity index (χ1n) is 2.93. The second-order valence-electron chi connectivity index (χ2n) is 2.06. The van der Waals surface area contributed by atoms with Crippen LogP contribution in [0.4, 0.5) is 0 Å². The molecular formula is C2H14N8OS-2. The lowest BCUT2D eigenvalue weighted by atomic mass is 10.7. The van der Waals surface area contributed by atoms with Crippen LogP contribution >= 0.6 is 10.8 Å². The van der Waals surface area contributed by atoms with Crippen molar-refractivity contribution in [1.82, 2.24) is 15.1 Å². The predicted molar refractivity (Wildman–Crippen MR) is 47.1 cm³/mol. The molecule has 10 heteroatoms. The molecule has 12 heavy (non-hydrogen) atoms. The Bertz CT molecular complexity index is 123. The van der Waals surface area contributed by atoms with E-state index in [0.717, 1.165) is 0 Å². The molecule has 0 aromatic carbocycles. The zero-order valence-corrected chi connectivity index (χ0v) is 7.21. The van der Waals surface area contributed by atoms with E-state index in [1.165, 1.54) is 0 Å². The van der Waals surface area contributed by atoms with Gasteiger partial charge in [-0.05, 0) is 10.8 Å². The highest BCUT2D eigenvalue weighted by molar-refractivity contribution is 8.26. The second kappa shape index (κ2) is 4.88. The molecule has 0 aliphatic carbocycles. The number of hydrogen-bond acceptors (Lipinski definition) is 7. The second-order valence-corrected chi connectivity index (χ2v) is 3.88. The first kappa shape index (κ1) is 12.0. The number of hydrazine groups is 1. The molecule has 0 radical (unpaired) electrons. The van der Waals surface area contributed by atoms with Crippen LogP contribution in [0.15, 0.2) is 0 Å². The van der Waals surface area contributed by atoms with E-state index in [1.807, 2.05) is 0 Å². The van der Waals surface area contributed by atoms with Crippen LogP contribution in [0.5, 0.6) is 0 Å². The van der Waals surface area contributed by atoms with E-state index in [2.05, 4.69) is 4.72 Å². The van der Waals surface area contributed by atoms with Gasteiger partial charge >= 0.3 is 0 Å². The van der Waals surface area contributed by atoms with Crippen LogP contribution < -0.4 is 20.1 Å². The largest absolute Gasteiger partial charge is 0.613 e. The van der Waals surface area contributed by atoms with Crippen LogP contribution in [0.1, 0.15) is 0 Å². The zero-order valence-electron chi connectivity index (χ0n) is 6.40. The first-order valence-corrected chi connectivity index (χ1v) is 4.75. The average molecular weight is 198 g/mol. The molecule has 0 aromatic heterocycles. The molecule has 0 unspecified atom stereocenters. The highest BCUT2D eigenvalue weighted by Crippen LogP contribution is 2.08. The predicted octanol–water partition coefficient (Wildman–Crippen LogP) is -1.24. The number of nitrogens with two attached hydrogens (primary N) is 3. The van der Waals surface area contributed by atoms with Crippen molar-refractivity contribution >= 4 is 10.8 Å². The van der Waals surface area contributed by atoms with Gasteiger partial charge in [-0.3, -0.25) is 15.4 Å². The van der Waals surface area contributed by atoms with Crippen LogP contribution in [-0.2, 0) is 0 Å². The minimum atomic E-state index is -2.27. The minimum Gasteiger partial charge on any atom is -0.613 e. The highest BCUT2D eigenvalue weighted by atomic mass is 32.3. The molecule has 9 nitrogen and oxygen atoms in total. The molecule has 10 N–H and O–H groups in total. The Kier molecular flexibility index (Phi) is 4.88. The van der Waals surface area contributed by atoms with Gasteiger partial charge in [0.2, 0.25) is 0 Å². The molecular weight excluding hydrogens is 184 g/mol. The SMILES string of the molecule is [NH-]N([NH-])N(O)CCNS(N)(N)N. The van der Waals surface area contributed by atoms with Gasteiger partial charge in [0.05, 0.1) is 6.54 Å². The Balaban J connectivity index is 3.44. The lowest BCUT2D eigenvalue weighted by Gasteiger charge is -2.39. The fourth-order valence-corrected chi connectivity index (χ4v) is 0.867. The van der Waals surface area contributed by atoms with Crippen molar-refractivity contribution < 1.29 is 5.21 Å². The lowest BCUT2D eigenvalue weighted by Crippen LogP contribution is -2.44. The van der Waals surface area contributed by atoms with Crippen LogP contribution in [0, 0.1) is 0 Å². The number of hydrogen-bond donors (Lipinski definition) is 5. The van der Waals surface area contributed by atoms with Gasteiger partial charge in [0.1, 0.15) is 0 Å². The maximum absolute atomic E-state index is 8.75. The van der Waals surface area contributed by atoms with E-state index < -0.39 is 10.8 Å². The molecule has 0 amide bonds. The van der Waals surface area contributed by atoms with Crippen LogP contribution in [0.25, 0.3) is 11.7 Å². The van der Waals surface area contributed by atoms with E-state index in [-0.39, 0.29) is 18.3 Å². The molecule has 0 bridgehead atoms. The molecule has 0 aromatic rings. The molecule has 0 aliphatic heterocycles. The number of nitrogens with one attached hydrogen (secondary N) is 3. The molecule has 0 aliphatic rings. The first-order chi connectivity index (χ1) is 5.33. The van der Waals surface area contributed by atoms with Crippen molar-refractivity contribution in [3.8, 4) is 0 Å². The van der Waals surface area contributed by atoms with Crippen LogP contribution in [0.2, 0.25) is 0 Å². The molecule has 0 atom stereocenters. The van der Waals surface area contributed by atoms with Crippen molar-refractivity contribution in [3.05, 3.63) is 11.7 Å².